The number of nitrogen functional groups attached to an aromatic ring is 1. The van der Waals surface area contributed by atoms with Gasteiger partial charge in [-0.15, -0.1) is 4.31 Å². The lowest BCUT2D eigenvalue weighted by atomic mass is 10.0. The van der Waals surface area contributed by atoms with E-state index in [0.717, 1.165) is 0 Å². The van der Waals surface area contributed by atoms with Crippen molar-refractivity contribution in [3.05, 3.63) is 75.4 Å². The molecule has 1 aromatic carbocycles. The summed E-state index contributed by atoms with van der Waals surface area (Å²) in [6, 6.07) is 6.12. The van der Waals surface area contributed by atoms with Crippen LogP contribution < -0.4 is 15.4 Å². The summed E-state index contributed by atoms with van der Waals surface area (Å²) in [6.07, 6.45) is 5.92. The second kappa shape index (κ2) is 11.0. The number of hydrogen-bond acceptors (Lipinski definition) is 8. The van der Waals surface area contributed by atoms with E-state index < -0.39 is 17.2 Å². The van der Waals surface area contributed by atoms with Crippen molar-refractivity contribution >= 4 is 51.8 Å². The van der Waals surface area contributed by atoms with Gasteiger partial charge in [0.15, 0.2) is 0 Å². The molecule has 1 atom stereocenters. The molecule has 0 bridgehead atoms. The average Bonchev–Trinajstić information content (AvgIpc) is 2.84. The molecule has 2 aromatic heterocycles. The molecule has 1 saturated heterocycles. The van der Waals surface area contributed by atoms with Crippen molar-refractivity contribution < 1.29 is 13.7 Å². The van der Waals surface area contributed by atoms with E-state index in [1.54, 1.807) is 24.5 Å². The number of anilines is 2. The number of piperazine rings is 1. The van der Waals surface area contributed by atoms with Crippen LogP contribution >= 0.6 is 23.2 Å². The molecule has 3 N–H and O–H groups in total. The number of hydrogen-bond donors (Lipinski definition) is 2. The van der Waals surface area contributed by atoms with Gasteiger partial charge in [0, 0.05) is 65.9 Å². The third kappa shape index (κ3) is 5.79. The largest absolute Gasteiger partial charge is 0.598 e. The van der Waals surface area contributed by atoms with Crippen LogP contribution in [0.2, 0.25) is 10.0 Å². The normalized spacial score (nSPS) is 15.2. The minimum atomic E-state index is -1.03. The monoisotopic (exact) mass is 536 g/mol. The number of nitrogens with two attached hydrogens (primary N) is 1. The number of ether oxygens (including phenoxy) is 1. The van der Waals surface area contributed by atoms with Gasteiger partial charge in [0.1, 0.15) is 30.2 Å². The molecule has 1 aliphatic heterocycles. The van der Waals surface area contributed by atoms with Crippen LogP contribution in [0.15, 0.2) is 42.9 Å². The van der Waals surface area contributed by atoms with Crippen LogP contribution in [0.3, 0.4) is 0 Å². The molecule has 12 heteroatoms. The van der Waals surface area contributed by atoms with Crippen LogP contribution in [0, 0.1) is 11.2 Å². The highest BCUT2D eigenvalue weighted by molar-refractivity contribution is 7.88. The molecule has 3 heterocycles. The second-order valence-corrected chi connectivity index (χ2v) is 10.0. The molecule has 4 rings (SSSR count). The van der Waals surface area contributed by atoms with Gasteiger partial charge in [0.05, 0.1) is 34.4 Å². The Kier molecular flexibility index (Phi) is 7.98. The molecular formula is C23H23Cl2FN6O2S. The van der Waals surface area contributed by atoms with E-state index in [4.69, 9.17) is 39.1 Å². The zero-order valence-corrected chi connectivity index (χ0v) is 21.1. The van der Waals surface area contributed by atoms with E-state index in [-0.39, 0.29) is 17.9 Å². The van der Waals surface area contributed by atoms with Crippen molar-refractivity contribution in [2.24, 2.45) is 0 Å². The lowest BCUT2D eigenvalue weighted by Gasteiger charge is -2.34. The van der Waals surface area contributed by atoms with E-state index in [2.05, 4.69) is 9.97 Å². The number of benzene rings is 1. The van der Waals surface area contributed by atoms with Gasteiger partial charge in [0.2, 0.25) is 0 Å². The van der Waals surface area contributed by atoms with Crippen LogP contribution in [0.25, 0.3) is 0 Å². The zero-order chi connectivity index (χ0) is 25.1. The predicted molar refractivity (Wildman–Crippen MR) is 137 cm³/mol. The van der Waals surface area contributed by atoms with Gasteiger partial charge in [-0.1, -0.05) is 23.2 Å². The number of nitrogens with zero attached hydrogens (tertiary/aromatic N) is 4. The van der Waals surface area contributed by atoms with Crippen molar-refractivity contribution in [3.63, 3.8) is 0 Å². The quantitative estimate of drug-likeness (QED) is 0.267. The molecule has 8 nitrogen and oxygen atoms in total. The summed E-state index contributed by atoms with van der Waals surface area (Å²) in [6.45, 7) is 2.45. The summed E-state index contributed by atoms with van der Waals surface area (Å²) >= 11 is 11.2. The van der Waals surface area contributed by atoms with Gasteiger partial charge in [-0.05, 0) is 18.2 Å². The van der Waals surface area contributed by atoms with Gasteiger partial charge >= 0.3 is 0 Å². The van der Waals surface area contributed by atoms with Crippen LogP contribution in [0.4, 0.5) is 15.9 Å². The highest BCUT2D eigenvalue weighted by Gasteiger charge is 2.24. The van der Waals surface area contributed by atoms with E-state index in [1.165, 1.54) is 24.7 Å². The number of halogens is 3. The van der Waals surface area contributed by atoms with Crippen molar-refractivity contribution in [1.82, 2.24) is 14.3 Å². The molecule has 0 aliphatic carbocycles. The maximum atomic E-state index is 15.1. The summed E-state index contributed by atoms with van der Waals surface area (Å²) in [7, 11) is 0. The van der Waals surface area contributed by atoms with Crippen LogP contribution in [-0.2, 0) is 18.0 Å². The lowest BCUT2D eigenvalue weighted by Crippen LogP contribution is -2.48. The molecule has 1 fully saturated rings. The van der Waals surface area contributed by atoms with Gasteiger partial charge in [-0.2, -0.15) is 0 Å². The fourth-order valence-electron chi connectivity index (χ4n) is 3.67. The number of aromatic nitrogens is 2. The van der Waals surface area contributed by atoms with Crippen LogP contribution in [0.5, 0.6) is 5.75 Å². The molecular weight excluding hydrogens is 514 g/mol. The summed E-state index contributed by atoms with van der Waals surface area (Å²) < 4.78 is 34.3. The maximum absolute atomic E-state index is 15.1. The van der Waals surface area contributed by atoms with Gasteiger partial charge in [-0.3, -0.25) is 10.4 Å². The first-order valence-corrected chi connectivity index (χ1v) is 12.9. The average molecular weight is 537 g/mol. The topological polar surface area (TPSA) is 114 Å². The Balaban J connectivity index is 1.50. The Labute approximate surface area is 215 Å². The molecule has 3 aromatic rings. The Bertz CT molecular complexity index is 1220. The first-order valence-electron chi connectivity index (χ1n) is 10.6. The molecule has 0 radical (unpaired) electrons. The minimum absolute atomic E-state index is 0.0196. The highest BCUT2D eigenvalue weighted by Crippen LogP contribution is 2.28. The molecule has 184 valence electrons. The predicted octanol–water partition coefficient (Wildman–Crippen LogP) is 3.92. The lowest BCUT2D eigenvalue weighted by molar-refractivity contribution is 0.306. The van der Waals surface area contributed by atoms with Crippen molar-refractivity contribution in [1.29, 1.82) is 5.41 Å². The molecule has 0 spiro atoms. The first kappa shape index (κ1) is 25.5. The van der Waals surface area contributed by atoms with Crippen LogP contribution in [0.1, 0.15) is 16.7 Å². The van der Waals surface area contributed by atoms with Crippen molar-refractivity contribution in [2.75, 3.05) is 43.1 Å². The Morgan fingerprint density at radius 3 is 2.46 bits per heavy atom. The number of nitrogens with one attached hydrogen (secondary N) is 1. The smallest absolute Gasteiger partial charge is 0.137 e. The molecule has 0 saturated carbocycles. The SMILES string of the molecule is C[S+]([O-])N1CCN(c2cc(F)c(C(=N)c3cc(OCc4c(Cl)cncc4Cl)ccc3N)cn2)CC1. The molecule has 35 heavy (non-hydrogen) atoms. The second-order valence-electron chi connectivity index (χ2n) is 7.86. The van der Waals surface area contributed by atoms with E-state index in [1.807, 2.05) is 9.21 Å². The summed E-state index contributed by atoms with van der Waals surface area (Å²) in [5.74, 6) is 0.304. The molecule has 1 aliphatic rings. The van der Waals surface area contributed by atoms with E-state index in [0.29, 0.717) is 64.6 Å². The molecule has 0 amide bonds. The number of pyridine rings is 2. The fourth-order valence-corrected chi connectivity index (χ4v) is 4.82. The van der Waals surface area contributed by atoms with Gasteiger partial charge in [-0.25, -0.2) is 9.37 Å². The van der Waals surface area contributed by atoms with E-state index in [9.17, 15) is 4.55 Å². The maximum Gasteiger partial charge on any atom is 0.137 e. The summed E-state index contributed by atoms with van der Waals surface area (Å²) in [4.78, 5) is 10.2. The van der Waals surface area contributed by atoms with Gasteiger partial charge < -0.3 is 19.9 Å². The summed E-state index contributed by atoms with van der Waals surface area (Å²) in [5, 5.41) is 9.33. The Hall–Kier alpha value is -2.63. The third-order valence-corrected chi connectivity index (χ3v) is 7.41. The molecule has 1 unspecified atom stereocenters. The highest BCUT2D eigenvalue weighted by atomic mass is 35.5. The van der Waals surface area contributed by atoms with Crippen molar-refractivity contribution in [3.8, 4) is 5.75 Å². The Morgan fingerprint density at radius 2 is 1.83 bits per heavy atom. The van der Waals surface area contributed by atoms with E-state index >= 15 is 4.39 Å². The fraction of sp³-hybridized carbons (Fsp3) is 0.261. The Morgan fingerprint density at radius 1 is 1.14 bits per heavy atom. The summed E-state index contributed by atoms with van der Waals surface area (Å²) in [5.41, 5.74) is 7.18. The standard InChI is InChI=1S/C23H23Cl2FN6O2S/c1-35(33)32-6-4-31(5-7-32)22-9-20(26)16(10-30-22)23(28)15-8-14(2-3-21(15)27)34-13-17-18(24)11-29-12-19(17)25/h2-3,8-12,28H,4-7,13,27H2,1H3. The first-order chi connectivity index (χ1) is 16.7. The number of rotatable bonds is 7. The third-order valence-electron chi connectivity index (χ3n) is 5.66. The van der Waals surface area contributed by atoms with Gasteiger partial charge in [0.25, 0.3) is 0 Å². The van der Waals surface area contributed by atoms with Crippen molar-refractivity contribution in [2.45, 2.75) is 6.61 Å². The minimum Gasteiger partial charge on any atom is -0.598 e. The zero-order valence-electron chi connectivity index (χ0n) is 18.8. The van der Waals surface area contributed by atoms with Crippen LogP contribution in [-0.4, -0.2) is 57.0 Å².